The van der Waals surface area contributed by atoms with Gasteiger partial charge in [0.2, 0.25) is 0 Å². The van der Waals surface area contributed by atoms with Crippen molar-refractivity contribution < 1.29 is 14.3 Å². The minimum atomic E-state index is -0.387. The lowest BCUT2D eigenvalue weighted by atomic mass is 9.69. The average molecular weight is 387 g/mol. The van der Waals surface area contributed by atoms with Crippen LogP contribution in [0.3, 0.4) is 0 Å². The fraction of sp³-hybridized carbons (Fsp3) is 0.476. The molecule has 2 aromatic rings. The van der Waals surface area contributed by atoms with Gasteiger partial charge in [-0.25, -0.2) is 4.79 Å². The molecule has 0 bridgehead atoms. The molecule has 0 aliphatic heterocycles. The monoisotopic (exact) mass is 386 g/mol. The maximum Gasteiger partial charge on any atom is 0.341 e. The van der Waals surface area contributed by atoms with Crippen LogP contribution in [0.4, 0.5) is 5.00 Å². The highest BCUT2D eigenvalue weighted by molar-refractivity contribution is 7.17. The molecular weight excluding hydrogens is 360 g/mol. The lowest BCUT2D eigenvalue weighted by Crippen LogP contribution is -2.28. The lowest BCUT2D eigenvalue weighted by molar-refractivity contribution is 0.0600. The van der Waals surface area contributed by atoms with Crippen LogP contribution >= 0.6 is 11.3 Å². The first-order valence-electron chi connectivity index (χ1n) is 9.31. The largest absolute Gasteiger partial charge is 0.465 e. The van der Waals surface area contributed by atoms with Crippen LogP contribution in [0.15, 0.2) is 24.5 Å². The van der Waals surface area contributed by atoms with E-state index in [1.165, 1.54) is 29.5 Å². The molecule has 0 radical (unpaired) electrons. The molecular formula is C21H26N2O3S. The number of fused-ring (bicyclic) bond motifs is 1. The molecule has 0 saturated heterocycles. The number of carbonyl (C=O) groups is 2. The van der Waals surface area contributed by atoms with Crippen molar-refractivity contribution in [1.82, 2.24) is 4.98 Å². The normalized spacial score (nSPS) is 16.5. The van der Waals surface area contributed by atoms with Gasteiger partial charge in [0.05, 0.1) is 18.2 Å². The number of nitrogens with zero attached hydrogens (tertiary/aromatic N) is 1. The third-order valence-corrected chi connectivity index (χ3v) is 6.99. The van der Waals surface area contributed by atoms with Gasteiger partial charge in [0.15, 0.2) is 0 Å². The number of anilines is 1. The van der Waals surface area contributed by atoms with Crippen LogP contribution in [0.1, 0.15) is 64.8 Å². The molecule has 1 amide bonds. The predicted octanol–water partition coefficient (Wildman–Crippen LogP) is 4.72. The lowest BCUT2D eigenvalue weighted by Gasteiger charge is -2.36. The molecule has 2 heterocycles. The van der Waals surface area contributed by atoms with Crippen molar-refractivity contribution in [3.63, 3.8) is 0 Å². The summed E-state index contributed by atoms with van der Waals surface area (Å²) in [6.07, 6.45) is 7.08. The number of hydrogen-bond acceptors (Lipinski definition) is 5. The Kier molecular flexibility index (Phi) is 5.65. The van der Waals surface area contributed by atoms with E-state index in [4.69, 9.17) is 4.74 Å². The van der Waals surface area contributed by atoms with Crippen LogP contribution in [0.5, 0.6) is 0 Å². The van der Waals surface area contributed by atoms with Gasteiger partial charge in [0.25, 0.3) is 5.91 Å². The molecule has 0 spiro atoms. The summed E-state index contributed by atoms with van der Waals surface area (Å²) in [7, 11) is 1.38. The second kappa shape index (κ2) is 7.80. The van der Waals surface area contributed by atoms with E-state index in [-0.39, 0.29) is 17.3 Å². The van der Waals surface area contributed by atoms with Gasteiger partial charge in [0, 0.05) is 17.3 Å². The number of rotatable bonds is 5. The molecule has 27 heavy (non-hydrogen) atoms. The number of methoxy groups -OCH3 is 1. The van der Waals surface area contributed by atoms with Crippen LogP contribution in [0, 0.1) is 11.3 Å². The van der Waals surface area contributed by atoms with E-state index in [0.29, 0.717) is 22.0 Å². The maximum absolute atomic E-state index is 12.6. The van der Waals surface area contributed by atoms with Crippen molar-refractivity contribution >= 4 is 28.2 Å². The molecule has 1 atom stereocenters. The zero-order valence-corrected chi connectivity index (χ0v) is 17.1. The fourth-order valence-electron chi connectivity index (χ4n) is 3.62. The van der Waals surface area contributed by atoms with Crippen LogP contribution in [0.25, 0.3) is 0 Å². The van der Waals surface area contributed by atoms with E-state index in [9.17, 15) is 9.59 Å². The first-order chi connectivity index (χ1) is 12.9. The van der Waals surface area contributed by atoms with Gasteiger partial charge in [-0.3, -0.25) is 9.78 Å². The molecule has 5 nitrogen and oxygen atoms in total. The van der Waals surface area contributed by atoms with Crippen molar-refractivity contribution in [1.29, 1.82) is 0 Å². The van der Waals surface area contributed by atoms with Gasteiger partial charge in [-0.15, -0.1) is 11.3 Å². The van der Waals surface area contributed by atoms with E-state index >= 15 is 0 Å². The summed E-state index contributed by atoms with van der Waals surface area (Å²) >= 11 is 1.51. The van der Waals surface area contributed by atoms with Crippen LogP contribution < -0.4 is 5.32 Å². The van der Waals surface area contributed by atoms with Gasteiger partial charge >= 0.3 is 5.97 Å². The smallest absolute Gasteiger partial charge is 0.341 e. The van der Waals surface area contributed by atoms with Crippen molar-refractivity contribution in [3.8, 4) is 0 Å². The minimum absolute atomic E-state index is 0.256. The van der Waals surface area contributed by atoms with Crippen molar-refractivity contribution in [2.45, 2.75) is 46.5 Å². The Morgan fingerprint density at radius 1 is 1.41 bits per heavy atom. The van der Waals surface area contributed by atoms with Crippen molar-refractivity contribution in [2.24, 2.45) is 11.3 Å². The molecule has 1 N–H and O–H groups in total. The zero-order chi connectivity index (χ0) is 19.6. The maximum atomic E-state index is 12.6. The number of aromatic nitrogens is 1. The second-order valence-electron chi connectivity index (χ2n) is 7.68. The summed E-state index contributed by atoms with van der Waals surface area (Å²) in [6.45, 7) is 6.84. The number of pyridine rings is 1. The summed E-state index contributed by atoms with van der Waals surface area (Å²) in [5, 5.41) is 3.48. The number of amides is 1. The number of hydrogen-bond donors (Lipinski definition) is 1. The number of carbonyl (C=O) groups excluding carboxylic acids is 2. The Balaban J connectivity index is 1.93. The summed E-state index contributed by atoms with van der Waals surface area (Å²) in [5.74, 6) is -0.0829. The third-order valence-electron chi connectivity index (χ3n) is 5.82. The Hall–Kier alpha value is -2.21. The highest BCUT2D eigenvalue weighted by Crippen LogP contribution is 2.45. The van der Waals surface area contributed by atoms with Crippen LogP contribution in [0.2, 0.25) is 0 Å². The first-order valence-corrected chi connectivity index (χ1v) is 10.1. The quantitative estimate of drug-likeness (QED) is 0.755. The molecule has 0 unspecified atom stereocenters. The Bertz CT molecular complexity index is 843. The Morgan fingerprint density at radius 3 is 2.81 bits per heavy atom. The molecule has 144 valence electrons. The van der Waals surface area contributed by atoms with Gasteiger partial charge in [-0.1, -0.05) is 27.2 Å². The SMILES string of the molecule is CCC(C)(C)[C@@H]1CCc2c(sc(NC(=O)c3cccnc3)c2C(=O)OC)C1. The van der Waals surface area contributed by atoms with Crippen LogP contribution in [-0.2, 0) is 17.6 Å². The highest BCUT2D eigenvalue weighted by atomic mass is 32.1. The van der Waals surface area contributed by atoms with E-state index in [2.05, 4.69) is 31.1 Å². The molecule has 6 heteroatoms. The number of esters is 1. The van der Waals surface area contributed by atoms with Gasteiger partial charge in [-0.05, 0) is 48.3 Å². The molecule has 1 aliphatic carbocycles. The van der Waals surface area contributed by atoms with Crippen molar-refractivity contribution in [3.05, 3.63) is 46.1 Å². The van der Waals surface area contributed by atoms with E-state index in [1.807, 2.05) is 0 Å². The average Bonchev–Trinajstić information content (AvgIpc) is 3.04. The number of nitrogens with one attached hydrogen (secondary N) is 1. The zero-order valence-electron chi connectivity index (χ0n) is 16.3. The molecule has 1 aliphatic rings. The Labute approximate surface area is 164 Å². The molecule has 2 aromatic heterocycles. The van der Waals surface area contributed by atoms with Gasteiger partial charge < -0.3 is 10.1 Å². The summed E-state index contributed by atoms with van der Waals surface area (Å²) in [6, 6.07) is 3.42. The molecule has 3 rings (SSSR count). The van der Waals surface area contributed by atoms with E-state index in [0.717, 1.165) is 31.2 Å². The second-order valence-corrected chi connectivity index (χ2v) is 8.78. The van der Waals surface area contributed by atoms with Crippen molar-refractivity contribution in [2.75, 3.05) is 12.4 Å². The molecule has 0 aromatic carbocycles. The Morgan fingerprint density at radius 2 is 2.19 bits per heavy atom. The first kappa shape index (κ1) is 19.5. The topological polar surface area (TPSA) is 68.3 Å². The summed E-state index contributed by atoms with van der Waals surface area (Å²) < 4.78 is 5.01. The molecule has 0 fully saturated rings. The number of thiophene rings is 1. The van der Waals surface area contributed by atoms with Gasteiger partial charge in [-0.2, -0.15) is 0 Å². The minimum Gasteiger partial charge on any atom is -0.465 e. The summed E-state index contributed by atoms with van der Waals surface area (Å²) in [5.41, 5.74) is 2.27. The number of ether oxygens (including phenoxy) is 1. The molecule has 0 saturated carbocycles. The van der Waals surface area contributed by atoms with Gasteiger partial charge in [0.1, 0.15) is 5.00 Å². The third kappa shape index (κ3) is 3.90. The van der Waals surface area contributed by atoms with Crippen LogP contribution in [-0.4, -0.2) is 24.0 Å². The standard InChI is InChI=1S/C21H26N2O3S/c1-5-21(2,3)14-8-9-15-16(11-14)27-19(17(15)20(25)26-4)23-18(24)13-7-6-10-22-12-13/h6-7,10,12,14H,5,8-9,11H2,1-4H3,(H,23,24)/t14-/m1/s1. The fourth-order valence-corrected chi connectivity index (χ4v) is 4.93. The highest BCUT2D eigenvalue weighted by Gasteiger charge is 2.35. The van der Waals surface area contributed by atoms with E-state index < -0.39 is 0 Å². The predicted molar refractivity (Wildman–Crippen MR) is 107 cm³/mol. The van der Waals surface area contributed by atoms with E-state index in [1.54, 1.807) is 18.3 Å². The summed E-state index contributed by atoms with van der Waals surface area (Å²) in [4.78, 5) is 30.2.